The van der Waals surface area contributed by atoms with Gasteiger partial charge in [-0.05, 0) is 80.2 Å². The van der Waals surface area contributed by atoms with Crippen LogP contribution < -0.4 is 14.8 Å². The van der Waals surface area contributed by atoms with Crippen LogP contribution in [0.4, 0.5) is 11.4 Å². The minimum Gasteiger partial charge on any atom is -0.494 e. The van der Waals surface area contributed by atoms with Crippen LogP contribution in [0.15, 0.2) is 77.7 Å². The Balaban J connectivity index is 1.71. The molecule has 0 aromatic heterocycles. The number of ether oxygens (including phenoxy) is 1. The second kappa shape index (κ2) is 11.7. The summed E-state index contributed by atoms with van der Waals surface area (Å²) in [5.41, 5.74) is 2.45. The summed E-state index contributed by atoms with van der Waals surface area (Å²) in [5, 5.41) is 2.90. The van der Waals surface area contributed by atoms with Gasteiger partial charge in [-0.3, -0.25) is 14.4 Å². The number of benzene rings is 3. The molecule has 0 fully saturated rings. The SMILES string of the molecule is CCOc1ccc(S(=O)(=O)Nc2cccc(C(=O)Nc3cccc(CN(CC)CC)c3)c2)cc1. The molecule has 0 radical (unpaired) electrons. The number of nitrogens with one attached hydrogen (secondary N) is 2. The second-order valence-corrected chi connectivity index (χ2v) is 9.39. The zero-order valence-corrected chi connectivity index (χ0v) is 20.6. The molecular weight excluding hydrogens is 450 g/mol. The van der Waals surface area contributed by atoms with Gasteiger partial charge in [0.25, 0.3) is 15.9 Å². The van der Waals surface area contributed by atoms with E-state index >= 15 is 0 Å². The third-order valence-electron chi connectivity index (χ3n) is 5.31. The first-order chi connectivity index (χ1) is 16.3. The number of hydrogen-bond donors (Lipinski definition) is 2. The van der Waals surface area contributed by atoms with Crippen LogP contribution in [0.1, 0.15) is 36.7 Å². The number of hydrogen-bond acceptors (Lipinski definition) is 5. The molecule has 180 valence electrons. The highest BCUT2D eigenvalue weighted by molar-refractivity contribution is 7.92. The highest BCUT2D eigenvalue weighted by Crippen LogP contribution is 2.21. The molecule has 0 heterocycles. The minimum atomic E-state index is -3.81. The van der Waals surface area contributed by atoms with Crippen molar-refractivity contribution in [1.82, 2.24) is 4.90 Å². The molecular formula is C26H31N3O4S. The summed E-state index contributed by atoms with van der Waals surface area (Å²) < 4.78 is 33.4. The molecule has 2 N–H and O–H groups in total. The van der Waals surface area contributed by atoms with E-state index in [9.17, 15) is 13.2 Å². The lowest BCUT2D eigenvalue weighted by molar-refractivity contribution is 0.102. The Morgan fingerprint density at radius 1 is 0.882 bits per heavy atom. The van der Waals surface area contributed by atoms with Gasteiger partial charge >= 0.3 is 0 Å². The van der Waals surface area contributed by atoms with Crippen LogP contribution in [-0.4, -0.2) is 38.9 Å². The van der Waals surface area contributed by atoms with E-state index in [-0.39, 0.29) is 10.8 Å². The lowest BCUT2D eigenvalue weighted by atomic mass is 10.1. The van der Waals surface area contributed by atoms with Crippen molar-refractivity contribution in [2.75, 3.05) is 29.7 Å². The van der Waals surface area contributed by atoms with Gasteiger partial charge in [-0.1, -0.05) is 32.0 Å². The Labute approximate surface area is 201 Å². The summed E-state index contributed by atoms with van der Waals surface area (Å²) in [5.74, 6) is 0.281. The van der Waals surface area contributed by atoms with Gasteiger partial charge in [0.2, 0.25) is 0 Å². The predicted molar refractivity (Wildman–Crippen MR) is 136 cm³/mol. The highest BCUT2D eigenvalue weighted by Gasteiger charge is 2.16. The van der Waals surface area contributed by atoms with E-state index in [0.717, 1.165) is 25.2 Å². The molecule has 3 rings (SSSR count). The van der Waals surface area contributed by atoms with Crippen molar-refractivity contribution in [3.8, 4) is 5.75 Å². The minimum absolute atomic E-state index is 0.107. The van der Waals surface area contributed by atoms with Gasteiger partial charge in [-0.25, -0.2) is 8.42 Å². The zero-order chi connectivity index (χ0) is 24.6. The predicted octanol–water partition coefficient (Wildman–Crippen LogP) is 4.98. The summed E-state index contributed by atoms with van der Waals surface area (Å²) in [6.45, 7) is 9.30. The smallest absolute Gasteiger partial charge is 0.261 e. The molecule has 8 heteroatoms. The molecule has 0 unspecified atom stereocenters. The van der Waals surface area contributed by atoms with Crippen LogP contribution in [-0.2, 0) is 16.6 Å². The maximum Gasteiger partial charge on any atom is 0.261 e. The maximum absolute atomic E-state index is 12.8. The Morgan fingerprint density at radius 3 is 2.24 bits per heavy atom. The first kappa shape index (κ1) is 25.3. The largest absolute Gasteiger partial charge is 0.494 e. The lowest BCUT2D eigenvalue weighted by Crippen LogP contribution is -2.22. The molecule has 34 heavy (non-hydrogen) atoms. The summed E-state index contributed by atoms with van der Waals surface area (Å²) in [6, 6.07) is 20.3. The molecule has 0 saturated heterocycles. The van der Waals surface area contributed by atoms with Gasteiger partial charge in [0.1, 0.15) is 5.75 Å². The molecule has 0 aliphatic carbocycles. The monoisotopic (exact) mass is 481 g/mol. The average Bonchev–Trinajstić information content (AvgIpc) is 2.83. The van der Waals surface area contributed by atoms with Crippen LogP contribution in [0.2, 0.25) is 0 Å². The van der Waals surface area contributed by atoms with Gasteiger partial charge < -0.3 is 10.1 Å². The van der Waals surface area contributed by atoms with Crippen molar-refractivity contribution in [3.05, 3.63) is 83.9 Å². The Morgan fingerprint density at radius 2 is 1.56 bits per heavy atom. The first-order valence-corrected chi connectivity index (χ1v) is 12.8. The number of anilines is 2. The van der Waals surface area contributed by atoms with Crippen LogP contribution in [0, 0.1) is 0 Å². The van der Waals surface area contributed by atoms with Crippen LogP contribution in [0.3, 0.4) is 0 Å². The molecule has 0 atom stereocenters. The highest BCUT2D eigenvalue weighted by atomic mass is 32.2. The molecule has 0 spiro atoms. The lowest BCUT2D eigenvalue weighted by Gasteiger charge is -2.18. The van der Waals surface area contributed by atoms with Crippen molar-refractivity contribution >= 4 is 27.3 Å². The van der Waals surface area contributed by atoms with Crippen LogP contribution in [0.25, 0.3) is 0 Å². The van der Waals surface area contributed by atoms with Gasteiger partial charge in [-0.2, -0.15) is 0 Å². The van der Waals surface area contributed by atoms with E-state index in [1.807, 2.05) is 31.2 Å². The topological polar surface area (TPSA) is 87.7 Å². The summed E-state index contributed by atoms with van der Waals surface area (Å²) in [6.07, 6.45) is 0. The van der Waals surface area contributed by atoms with Gasteiger partial charge in [0.05, 0.1) is 11.5 Å². The Hall–Kier alpha value is -3.36. The summed E-state index contributed by atoms with van der Waals surface area (Å²) in [7, 11) is -3.81. The Kier molecular flexibility index (Phi) is 8.67. The number of nitrogens with zero attached hydrogens (tertiary/aromatic N) is 1. The third kappa shape index (κ3) is 6.82. The number of amides is 1. The number of rotatable bonds is 11. The summed E-state index contributed by atoms with van der Waals surface area (Å²) >= 11 is 0. The molecule has 0 aliphatic rings. The van der Waals surface area contributed by atoms with Crippen molar-refractivity contribution in [1.29, 1.82) is 0 Å². The van der Waals surface area contributed by atoms with Crippen molar-refractivity contribution in [3.63, 3.8) is 0 Å². The summed E-state index contributed by atoms with van der Waals surface area (Å²) in [4.78, 5) is 15.2. The van der Waals surface area contributed by atoms with Crippen LogP contribution >= 0.6 is 0 Å². The van der Waals surface area contributed by atoms with Gasteiger partial charge in [-0.15, -0.1) is 0 Å². The molecule has 0 bridgehead atoms. The number of sulfonamides is 1. The third-order valence-corrected chi connectivity index (χ3v) is 6.70. The molecule has 3 aromatic carbocycles. The fourth-order valence-electron chi connectivity index (χ4n) is 3.48. The van der Waals surface area contributed by atoms with E-state index < -0.39 is 10.0 Å². The molecule has 3 aromatic rings. The molecule has 1 amide bonds. The van der Waals surface area contributed by atoms with E-state index in [1.165, 1.54) is 18.2 Å². The fourth-order valence-corrected chi connectivity index (χ4v) is 4.53. The quantitative estimate of drug-likeness (QED) is 0.403. The van der Waals surface area contributed by atoms with Gasteiger partial charge in [0, 0.05) is 23.5 Å². The molecule has 0 saturated carbocycles. The number of carbonyl (C=O) groups excluding carboxylic acids is 1. The van der Waals surface area contributed by atoms with E-state index in [0.29, 0.717) is 29.3 Å². The van der Waals surface area contributed by atoms with Crippen LogP contribution in [0.5, 0.6) is 5.75 Å². The standard InChI is InChI=1S/C26H31N3O4S/c1-4-29(5-2)19-20-9-7-11-22(17-20)27-26(30)21-10-8-12-23(18-21)28-34(31,32)25-15-13-24(14-16-25)33-6-3/h7-18,28H,4-6,19H2,1-3H3,(H,27,30). The van der Waals surface area contributed by atoms with Crippen molar-refractivity contribution in [2.45, 2.75) is 32.2 Å². The normalized spacial score (nSPS) is 11.3. The second-order valence-electron chi connectivity index (χ2n) is 7.71. The average molecular weight is 482 g/mol. The Bertz CT molecular complexity index is 1210. The van der Waals surface area contributed by atoms with E-state index in [1.54, 1.807) is 30.3 Å². The van der Waals surface area contributed by atoms with Crippen molar-refractivity contribution in [2.24, 2.45) is 0 Å². The van der Waals surface area contributed by atoms with Crippen molar-refractivity contribution < 1.29 is 17.9 Å². The van der Waals surface area contributed by atoms with E-state index in [4.69, 9.17) is 4.74 Å². The zero-order valence-electron chi connectivity index (χ0n) is 19.7. The fraction of sp³-hybridized carbons (Fsp3) is 0.269. The number of carbonyl (C=O) groups is 1. The van der Waals surface area contributed by atoms with E-state index in [2.05, 4.69) is 28.8 Å². The first-order valence-electron chi connectivity index (χ1n) is 11.3. The molecule has 0 aliphatic heterocycles. The molecule has 7 nitrogen and oxygen atoms in total. The van der Waals surface area contributed by atoms with Gasteiger partial charge in [0.15, 0.2) is 0 Å². The maximum atomic E-state index is 12.8.